The highest BCUT2D eigenvalue weighted by atomic mass is 33.1. The summed E-state index contributed by atoms with van der Waals surface area (Å²) in [5.74, 6) is 1.01. The first-order valence-electron chi connectivity index (χ1n) is 4.35. The average Bonchev–Trinajstić information content (AvgIpc) is 2.46. The van der Waals surface area contributed by atoms with Crippen LogP contribution in [0.25, 0.3) is 0 Å². The third kappa shape index (κ3) is 1.70. The van der Waals surface area contributed by atoms with Gasteiger partial charge in [-0.2, -0.15) is 0 Å². The molecule has 0 amide bonds. The number of nitrogens with one attached hydrogen (secondary N) is 1. The summed E-state index contributed by atoms with van der Waals surface area (Å²) in [7, 11) is 3.89. The molecule has 0 aromatic carbocycles. The molecule has 2 fully saturated rings. The molecule has 1 heterocycles. The van der Waals surface area contributed by atoms with Gasteiger partial charge in [0.2, 0.25) is 0 Å². The van der Waals surface area contributed by atoms with Crippen LogP contribution in [0.15, 0.2) is 0 Å². The van der Waals surface area contributed by atoms with Crippen molar-refractivity contribution in [1.29, 1.82) is 0 Å². The molecule has 0 radical (unpaired) electrons. The summed E-state index contributed by atoms with van der Waals surface area (Å²) in [6.45, 7) is 0. The van der Waals surface area contributed by atoms with Crippen LogP contribution in [0, 0.1) is 5.92 Å². The Morgan fingerprint density at radius 3 is 3.00 bits per heavy atom. The molecule has 11 heavy (non-hydrogen) atoms. The predicted molar refractivity (Wildman–Crippen MR) is 53.8 cm³/mol. The molecule has 3 atom stereocenters. The molecule has 1 saturated heterocycles. The lowest BCUT2D eigenvalue weighted by Crippen LogP contribution is -2.26. The van der Waals surface area contributed by atoms with Gasteiger partial charge in [0.1, 0.15) is 0 Å². The molecular formula is C8H15NS2. The van der Waals surface area contributed by atoms with Gasteiger partial charge in [0.05, 0.1) is 5.37 Å². The second-order valence-electron chi connectivity index (χ2n) is 3.45. The Bertz CT molecular complexity index is 128. The highest BCUT2D eigenvalue weighted by Gasteiger charge is 2.36. The van der Waals surface area contributed by atoms with E-state index in [0.29, 0.717) is 0 Å². The van der Waals surface area contributed by atoms with Crippen LogP contribution < -0.4 is 5.32 Å². The molecule has 0 aromatic heterocycles. The summed E-state index contributed by atoms with van der Waals surface area (Å²) in [6, 6.07) is 0.875. The van der Waals surface area contributed by atoms with Gasteiger partial charge >= 0.3 is 0 Å². The Kier molecular flexibility index (Phi) is 2.69. The lowest BCUT2D eigenvalue weighted by Gasteiger charge is -2.09. The van der Waals surface area contributed by atoms with Crippen LogP contribution in [-0.4, -0.2) is 17.7 Å². The van der Waals surface area contributed by atoms with E-state index in [9.17, 15) is 0 Å². The molecule has 1 aliphatic carbocycles. The molecule has 1 nitrogen and oxygen atoms in total. The van der Waals surface area contributed by atoms with E-state index in [-0.39, 0.29) is 0 Å². The third-order valence-electron chi connectivity index (χ3n) is 2.79. The van der Waals surface area contributed by atoms with Crippen molar-refractivity contribution >= 4 is 21.6 Å². The van der Waals surface area contributed by atoms with E-state index in [0.717, 1.165) is 17.3 Å². The van der Waals surface area contributed by atoms with E-state index in [4.69, 9.17) is 0 Å². The lowest BCUT2D eigenvalue weighted by atomic mass is 10.1. The minimum absolute atomic E-state index is 0.750. The summed E-state index contributed by atoms with van der Waals surface area (Å²) in [5, 5.41) is 4.45. The van der Waals surface area contributed by atoms with Gasteiger partial charge in [-0.15, -0.1) is 0 Å². The molecular weight excluding hydrogens is 174 g/mol. The molecule has 3 unspecified atom stereocenters. The minimum atomic E-state index is 0.750. The van der Waals surface area contributed by atoms with Crippen molar-refractivity contribution in [1.82, 2.24) is 5.32 Å². The topological polar surface area (TPSA) is 12.0 Å². The van der Waals surface area contributed by atoms with Gasteiger partial charge in [-0.05, 0) is 31.4 Å². The molecule has 64 valence electrons. The Labute approximate surface area is 76.5 Å². The molecule has 3 heteroatoms. The summed E-state index contributed by atoms with van der Waals surface area (Å²) in [4.78, 5) is 0. The maximum Gasteiger partial charge on any atom is 0.0642 e. The summed E-state index contributed by atoms with van der Waals surface area (Å²) in [5.41, 5.74) is 0. The third-order valence-corrected chi connectivity index (χ3v) is 4.82. The molecule has 1 N–H and O–H groups in total. The molecule has 0 spiro atoms. The molecule has 0 bridgehead atoms. The second-order valence-corrected chi connectivity index (χ2v) is 6.12. The Morgan fingerprint density at radius 2 is 2.27 bits per heavy atom. The van der Waals surface area contributed by atoms with E-state index < -0.39 is 0 Å². The SMILES string of the molecule is CSSC1CC2CCCC2N1. The number of rotatable bonds is 2. The highest BCUT2D eigenvalue weighted by molar-refractivity contribution is 8.76. The van der Waals surface area contributed by atoms with Gasteiger partial charge in [-0.3, -0.25) is 0 Å². The first-order chi connectivity index (χ1) is 5.40. The van der Waals surface area contributed by atoms with E-state index in [1.165, 1.54) is 25.7 Å². The van der Waals surface area contributed by atoms with Gasteiger partial charge in [0, 0.05) is 6.04 Å². The first-order valence-corrected chi connectivity index (χ1v) is 6.98. The van der Waals surface area contributed by atoms with Gasteiger partial charge in [0.15, 0.2) is 0 Å². The molecule has 0 aromatic rings. The minimum Gasteiger partial charge on any atom is -0.302 e. The summed E-state index contributed by atoms with van der Waals surface area (Å²) < 4.78 is 0. The first kappa shape index (κ1) is 8.27. The van der Waals surface area contributed by atoms with Crippen molar-refractivity contribution in [2.45, 2.75) is 37.1 Å². The zero-order valence-electron chi connectivity index (χ0n) is 6.88. The van der Waals surface area contributed by atoms with Crippen molar-refractivity contribution in [3.05, 3.63) is 0 Å². The Balaban J connectivity index is 1.84. The van der Waals surface area contributed by atoms with Crippen LogP contribution in [0.3, 0.4) is 0 Å². The highest BCUT2D eigenvalue weighted by Crippen LogP contribution is 2.40. The monoisotopic (exact) mass is 189 g/mol. The molecule has 2 aliphatic rings. The quantitative estimate of drug-likeness (QED) is 0.670. The zero-order valence-corrected chi connectivity index (χ0v) is 8.51. The van der Waals surface area contributed by atoms with E-state index in [1.807, 2.05) is 21.6 Å². The Hall–Kier alpha value is 0.660. The number of hydrogen-bond acceptors (Lipinski definition) is 3. The van der Waals surface area contributed by atoms with Crippen molar-refractivity contribution < 1.29 is 0 Å². The summed E-state index contributed by atoms with van der Waals surface area (Å²) in [6.07, 6.45) is 7.94. The lowest BCUT2D eigenvalue weighted by molar-refractivity contribution is 0.518. The van der Waals surface area contributed by atoms with Crippen LogP contribution in [0.2, 0.25) is 0 Å². The fraction of sp³-hybridized carbons (Fsp3) is 1.00. The smallest absolute Gasteiger partial charge is 0.0642 e. The van der Waals surface area contributed by atoms with Crippen LogP contribution in [0.1, 0.15) is 25.7 Å². The van der Waals surface area contributed by atoms with E-state index in [1.54, 1.807) is 0 Å². The van der Waals surface area contributed by atoms with Crippen LogP contribution in [0.4, 0.5) is 0 Å². The van der Waals surface area contributed by atoms with Crippen LogP contribution >= 0.6 is 21.6 Å². The van der Waals surface area contributed by atoms with Crippen molar-refractivity contribution in [2.75, 3.05) is 6.26 Å². The number of fused-ring (bicyclic) bond motifs is 1. The van der Waals surface area contributed by atoms with Gasteiger partial charge in [-0.25, -0.2) is 0 Å². The van der Waals surface area contributed by atoms with E-state index >= 15 is 0 Å². The van der Waals surface area contributed by atoms with Crippen molar-refractivity contribution in [3.8, 4) is 0 Å². The molecule has 2 rings (SSSR count). The number of hydrogen-bond donors (Lipinski definition) is 1. The second kappa shape index (κ2) is 3.58. The Morgan fingerprint density at radius 1 is 1.36 bits per heavy atom. The maximum absolute atomic E-state index is 3.70. The van der Waals surface area contributed by atoms with Crippen molar-refractivity contribution in [3.63, 3.8) is 0 Å². The van der Waals surface area contributed by atoms with Crippen LogP contribution in [-0.2, 0) is 0 Å². The molecule has 1 aliphatic heterocycles. The van der Waals surface area contributed by atoms with Crippen molar-refractivity contribution in [2.24, 2.45) is 5.92 Å². The standard InChI is InChI=1S/C8H15NS2/c1-10-11-8-5-6-3-2-4-7(6)9-8/h6-9H,2-5H2,1H3. The van der Waals surface area contributed by atoms with E-state index in [2.05, 4.69) is 11.6 Å². The van der Waals surface area contributed by atoms with Crippen LogP contribution in [0.5, 0.6) is 0 Å². The summed E-state index contributed by atoms with van der Waals surface area (Å²) >= 11 is 0. The fourth-order valence-corrected chi connectivity index (χ4v) is 4.19. The maximum atomic E-state index is 3.70. The zero-order chi connectivity index (χ0) is 7.68. The predicted octanol–water partition coefficient (Wildman–Crippen LogP) is 2.49. The fourth-order valence-electron chi connectivity index (χ4n) is 2.30. The van der Waals surface area contributed by atoms with Gasteiger partial charge < -0.3 is 5.32 Å². The largest absolute Gasteiger partial charge is 0.302 e. The van der Waals surface area contributed by atoms with Gasteiger partial charge in [0.25, 0.3) is 0 Å². The normalized spacial score (nSPS) is 42.8. The molecule has 1 saturated carbocycles. The average molecular weight is 189 g/mol. The van der Waals surface area contributed by atoms with Gasteiger partial charge in [-0.1, -0.05) is 28.0 Å².